The number of carbonyl (C=O) groups excluding carboxylic acids is 2. The highest BCUT2D eigenvalue weighted by Gasteiger charge is 2.14. The summed E-state index contributed by atoms with van der Waals surface area (Å²) in [4.78, 5) is 24.6. The average Bonchev–Trinajstić information content (AvgIpc) is 3.27. The van der Waals surface area contributed by atoms with E-state index >= 15 is 0 Å². The molecule has 0 spiro atoms. The Morgan fingerprint density at radius 1 is 1.06 bits per heavy atom. The lowest BCUT2D eigenvalue weighted by Crippen LogP contribution is -2.22. The number of thioether (sulfide) groups is 1. The number of amides is 2. The van der Waals surface area contributed by atoms with Gasteiger partial charge in [0.05, 0.1) is 26.5 Å². The first-order valence-electron chi connectivity index (χ1n) is 11.0. The molecule has 2 amide bonds. The van der Waals surface area contributed by atoms with E-state index in [1.807, 2.05) is 48.7 Å². The molecule has 0 unspecified atom stereocenters. The van der Waals surface area contributed by atoms with E-state index in [9.17, 15) is 9.59 Å². The number of aryl methyl sites for hydroxylation is 1. The van der Waals surface area contributed by atoms with Crippen molar-refractivity contribution in [1.82, 2.24) is 20.1 Å². The molecule has 0 saturated carbocycles. The largest absolute Gasteiger partial charge is 0.493 e. The fourth-order valence-corrected chi connectivity index (χ4v) is 4.01. The van der Waals surface area contributed by atoms with Crippen molar-refractivity contribution in [3.63, 3.8) is 0 Å². The van der Waals surface area contributed by atoms with Gasteiger partial charge in [-0.1, -0.05) is 35.5 Å². The van der Waals surface area contributed by atoms with Gasteiger partial charge in [0.15, 0.2) is 22.5 Å². The molecule has 3 aromatic rings. The van der Waals surface area contributed by atoms with E-state index in [2.05, 4.69) is 20.8 Å². The highest BCUT2D eigenvalue weighted by atomic mass is 32.2. The zero-order valence-corrected chi connectivity index (χ0v) is 21.0. The Bertz CT molecular complexity index is 1190. The van der Waals surface area contributed by atoms with Crippen LogP contribution in [-0.4, -0.2) is 46.6 Å². The number of benzene rings is 2. The van der Waals surface area contributed by atoms with Crippen molar-refractivity contribution in [2.75, 3.05) is 25.3 Å². The molecule has 0 saturated heterocycles. The van der Waals surface area contributed by atoms with Gasteiger partial charge in [-0.2, -0.15) is 0 Å². The SMILES string of the molecule is CCn1c(CNC(=O)C=Cc2ccc(OC)c(OC)c2)nnc1SCC(=O)Nc1ccc(C)cc1. The van der Waals surface area contributed by atoms with E-state index < -0.39 is 0 Å². The molecule has 0 aliphatic rings. The smallest absolute Gasteiger partial charge is 0.244 e. The van der Waals surface area contributed by atoms with Crippen LogP contribution in [0.3, 0.4) is 0 Å². The molecule has 9 nitrogen and oxygen atoms in total. The Kier molecular flexibility index (Phi) is 9.31. The number of hydrogen-bond donors (Lipinski definition) is 2. The van der Waals surface area contributed by atoms with Gasteiger partial charge in [-0.15, -0.1) is 10.2 Å². The van der Waals surface area contributed by atoms with E-state index in [1.165, 1.54) is 17.8 Å². The number of ether oxygens (including phenoxy) is 2. The Morgan fingerprint density at radius 3 is 2.49 bits per heavy atom. The zero-order chi connectivity index (χ0) is 25.2. The molecule has 0 aliphatic carbocycles. The topological polar surface area (TPSA) is 107 Å². The molecule has 1 heterocycles. The number of nitrogens with one attached hydrogen (secondary N) is 2. The number of aromatic nitrogens is 3. The maximum Gasteiger partial charge on any atom is 0.244 e. The molecular weight excluding hydrogens is 466 g/mol. The van der Waals surface area contributed by atoms with Crippen LogP contribution in [0.15, 0.2) is 53.7 Å². The van der Waals surface area contributed by atoms with E-state index in [4.69, 9.17) is 9.47 Å². The number of anilines is 1. The third-order valence-corrected chi connectivity index (χ3v) is 6.00. The molecule has 184 valence electrons. The van der Waals surface area contributed by atoms with Gasteiger partial charge in [0, 0.05) is 18.3 Å². The first-order chi connectivity index (χ1) is 16.9. The van der Waals surface area contributed by atoms with Crippen molar-refractivity contribution in [2.45, 2.75) is 32.1 Å². The molecular formula is C25H29N5O4S. The highest BCUT2D eigenvalue weighted by molar-refractivity contribution is 7.99. The second-order valence-corrected chi connectivity index (χ2v) is 8.45. The van der Waals surface area contributed by atoms with Gasteiger partial charge in [-0.05, 0) is 49.8 Å². The van der Waals surface area contributed by atoms with Gasteiger partial charge >= 0.3 is 0 Å². The Hall–Kier alpha value is -3.79. The second-order valence-electron chi connectivity index (χ2n) is 7.51. The average molecular weight is 496 g/mol. The standard InChI is InChI=1S/C25H29N5O4S/c1-5-30-22(15-26-23(31)13-9-18-8-12-20(33-3)21(14-18)34-4)28-29-25(30)35-16-24(32)27-19-10-6-17(2)7-11-19/h6-14H,5,15-16H2,1-4H3,(H,26,31)(H,27,32). The molecule has 0 aliphatic heterocycles. The molecule has 0 fully saturated rings. The van der Waals surface area contributed by atoms with Crippen LogP contribution < -0.4 is 20.1 Å². The second kappa shape index (κ2) is 12.6. The van der Waals surface area contributed by atoms with Crippen LogP contribution in [-0.2, 0) is 22.7 Å². The van der Waals surface area contributed by atoms with Crippen LogP contribution in [0.25, 0.3) is 6.08 Å². The number of hydrogen-bond acceptors (Lipinski definition) is 7. The summed E-state index contributed by atoms with van der Waals surface area (Å²) in [6.45, 7) is 4.78. The highest BCUT2D eigenvalue weighted by Crippen LogP contribution is 2.28. The van der Waals surface area contributed by atoms with E-state index in [0.29, 0.717) is 29.0 Å². The predicted octanol–water partition coefficient (Wildman–Crippen LogP) is 3.68. The van der Waals surface area contributed by atoms with Gasteiger partial charge in [0.1, 0.15) is 0 Å². The van der Waals surface area contributed by atoms with Crippen molar-refractivity contribution in [3.05, 3.63) is 65.5 Å². The van der Waals surface area contributed by atoms with Gasteiger partial charge in [-0.25, -0.2) is 0 Å². The van der Waals surface area contributed by atoms with Crippen molar-refractivity contribution < 1.29 is 19.1 Å². The normalized spacial score (nSPS) is 10.9. The van der Waals surface area contributed by atoms with E-state index in [0.717, 1.165) is 16.8 Å². The number of nitrogens with zero attached hydrogens (tertiary/aromatic N) is 3. The van der Waals surface area contributed by atoms with E-state index in [-0.39, 0.29) is 24.1 Å². The maximum atomic E-state index is 12.3. The summed E-state index contributed by atoms with van der Waals surface area (Å²) >= 11 is 1.30. The monoisotopic (exact) mass is 495 g/mol. The maximum absolute atomic E-state index is 12.3. The summed E-state index contributed by atoms with van der Waals surface area (Å²) in [5.41, 5.74) is 2.68. The predicted molar refractivity (Wildman–Crippen MR) is 137 cm³/mol. The van der Waals surface area contributed by atoms with Crippen LogP contribution in [0.5, 0.6) is 11.5 Å². The fraction of sp³-hybridized carbons (Fsp3) is 0.280. The first kappa shape index (κ1) is 25.8. The first-order valence-corrected chi connectivity index (χ1v) is 12.0. The molecule has 2 N–H and O–H groups in total. The van der Waals surface area contributed by atoms with Gasteiger partial charge in [-0.3, -0.25) is 9.59 Å². The molecule has 3 rings (SSSR count). The molecule has 1 aromatic heterocycles. The minimum Gasteiger partial charge on any atom is -0.493 e. The van der Waals surface area contributed by atoms with Crippen LogP contribution in [0.2, 0.25) is 0 Å². The lowest BCUT2D eigenvalue weighted by atomic mass is 10.2. The number of carbonyl (C=O) groups is 2. The minimum absolute atomic E-state index is 0.125. The lowest BCUT2D eigenvalue weighted by Gasteiger charge is -2.08. The van der Waals surface area contributed by atoms with Gasteiger partial charge in [0.25, 0.3) is 0 Å². The third-order valence-electron chi connectivity index (χ3n) is 5.03. The number of methoxy groups -OCH3 is 2. The molecule has 0 radical (unpaired) electrons. The van der Waals surface area contributed by atoms with Crippen LogP contribution in [0, 0.1) is 6.92 Å². The Labute approximate surface area is 208 Å². The Balaban J connectivity index is 1.53. The van der Waals surface area contributed by atoms with Crippen molar-refractivity contribution in [3.8, 4) is 11.5 Å². The third kappa shape index (κ3) is 7.35. The van der Waals surface area contributed by atoms with E-state index in [1.54, 1.807) is 32.4 Å². The summed E-state index contributed by atoms with van der Waals surface area (Å²) in [6.07, 6.45) is 3.13. The zero-order valence-electron chi connectivity index (χ0n) is 20.2. The molecule has 0 atom stereocenters. The van der Waals surface area contributed by atoms with Crippen LogP contribution >= 0.6 is 11.8 Å². The van der Waals surface area contributed by atoms with Crippen LogP contribution in [0.1, 0.15) is 23.9 Å². The summed E-state index contributed by atoms with van der Waals surface area (Å²) in [5, 5.41) is 14.7. The summed E-state index contributed by atoms with van der Waals surface area (Å²) < 4.78 is 12.4. The molecule has 0 bridgehead atoms. The molecule has 10 heteroatoms. The summed E-state index contributed by atoms with van der Waals surface area (Å²) in [7, 11) is 3.13. The van der Waals surface area contributed by atoms with Crippen molar-refractivity contribution in [1.29, 1.82) is 0 Å². The molecule has 35 heavy (non-hydrogen) atoms. The summed E-state index contributed by atoms with van der Waals surface area (Å²) in [5.74, 6) is 1.63. The number of rotatable bonds is 11. The van der Waals surface area contributed by atoms with Crippen LogP contribution in [0.4, 0.5) is 5.69 Å². The minimum atomic E-state index is -0.267. The quantitative estimate of drug-likeness (QED) is 0.309. The van der Waals surface area contributed by atoms with Gasteiger partial charge < -0.3 is 24.7 Å². The fourth-order valence-electron chi connectivity index (χ4n) is 3.19. The molecule has 2 aromatic carbocycles. The van der Waals surface area contributed by atoms with Gasteiger partial charge in [0.2, 0.25) is 11.8 Å². The lowest BCUT2D eigenvalue weighted by molar-refractivity contribution is -0.116. The van der Waals surface area contributed by atoms with Crippen molar-refractivity contribution in [2.24, 2.45) is 0 Å². The summed E-state index contributed by atoms with van der Waals surface area (Å²) in [6, 6.07) is 13.0. The van der Waals surface area contributed by atoms with Crippen molar-refractivity contribution >= 4 is 35.3 Å². The Morgan fingerprint density at radius 2 is 1.80 bits per heavy atom.